The van der Waals surface area contributed by atoms with E-state index < -0.39 is 5.82 Å². The Morgan fingerprint density at radius 3 is 2.39 bits per heavy atom. The molecule has 4 rings (SSSR count). The van der Waals surface area contributed by atoms with Gasteiger partial charge in [0.05, 0.1) is 37.2 Å². The van der Waals surface area contributed by atoms with Crippen molar-refractivity contribution in [2.24, 2.45) is 0 Å². The van der Waals surface area contributed by atoms with Gasteiger partial charge in [0, 0.05) is 25.3 Å². The van der Waals surface area contributed by atoms with Gasteiger partial charge < -0.3 is 19.1 Å². The first-order valence-corrected chi connectivity index (χ1v) is 12.4. The fraction of sp³-hybridized carbons (Fsp3) is 0.267. The number of nitrogens with zero attached hydrogens (tertiary/aromatic N) is 3. The van der Waals surface area contributed by atoms with Gasteiger partial charge in [0.2, 0.25) is 5.88 Å². The monoisotopic (exact) mass is 517 g/mol. The topological polar surface area (TPSA) is 65.8 Å². The second-order valence-corrected chi connectivity index (χ2v) is 9.08. The SMILES string of the molecule is COCCN(Cc1c(C(C)C)nn(-c2ccccc2)c1Oc1cccc(F)c1)C(=O)c1cccc(OC)c1. The van der Waals surface area contributed by atoms with E-state index in [4.69, 9.17) is 19.3 Å². The van der Waals surface area contributed by atoms with Crippen LogP contribution in [0.25, 0.3) is 5.69 Å². The largest absolute Gasteiger partial charge is 0.497 e. The lowest BCUT2D eigenvalue weighted by Gasteiger charge is -2.24. The predicted molar refractivity (Wildman–Crippen MR) is 144 cm³/mol. The van der Waals surface area contributed by atoms with Crippen molar-refractivity contribution >= 4 is 5.91 Å². The summed E-state index contributed by atoms with van der Waals surface area (Å²) < 4.78 is 32.7. The highest BCUT2D eigenvalue weighted by Crippen LogP contribution is 2.35. The maximum atomic E-state index is 14.1. The molecule has 8 heteroatoms. The van der Waals surface area contributed by atoms with E-state index in [9.17, 15) is 9.18 Å². The van der Waals surface area contributed by atoms with Gasteiger partial charge in [0.1, 0.15) is 17.3 Å². The number of aromatic nitrogens is 2. The third-order valence-corrected chi connectivity index (χ3v) is 6.04. The second-order valence-electron chi connectivity index (χ2n) is 9.08. The van der Waals surface area contributed by atoms with Gasteiger partial charge in [-0.3, -0.25) is 4.79 Å². The van der Waals surface area contributed by atoms with Crippen LogP contribution in [-0.2, 0) is 11.3 Å². The standard InChI is InChI=1S/C30H32FN3O4/c1-21(2)28-27(20-33(16-17-36-3)29(35)22-10-8-14-25(18-22)37-4)30(38-26-15-9-11-23(31)19-26)34(32-28)24-12-6-5-7-13-24/h5-15,18-19,21H,16-17,20H2,1-4H3. The molecule has 0 unspecified atom stereocenters. The van der Waals surface area contributed by atoms with Gasteiger partial charge in [-0.05, 0) is 48.4 Å². The Balaban J connectivity index is 1.82. The summed E-state index contributed by atoms with van der Waals surface area (Å²) in [5, 5.41) is 4.90. The third kappa shape index (κ3) is 6.20. The van der Waals surface area contributed by atoms with Gasteiger partial charge in [0.25, 0.3) is 5.91 Å². The van der Waals surface area contributed by atoms with Crippen LogP contribution < -0.4 is 9.47 Å². The van der Waals surface area contributed by atoms with Crippen molar-refractivity contribution in [3.8, 4) is 23.1 Å². The summed E-state index contributed by atoms with van der Waals surface area (Å²) in [5.41, 5.74) is 2.80. The van der Waals surface area contributed by atoms with Gasteiger partial charge >= 0.3 is 0 Å². The number of ether oxygens (including phenoxy) is 3. The third-order valence-electron chi connectivity index (χ3n) is 6.04. The number of rotatable bonds is 11. The average molecular weight is 518 g/mol. The Hall–Kier alpha value is -4.17. The highest BCUT2D eigenvalue weighted by molar-refractivity contribution is 5.94. The number of hydrogen-bond donors (Lipinski definition) is 0. The fourth-order valence-corrected chi connectivity index (χ4v) is 4.14. The molecule has 4 aromatic rings. The number of methoxy groups -OCH3 is 2. The number of benzene rings is 3. The van der Waals surface area contributed by atoms with Crippen molar-refractivity contribution in [3.63, 3.8) is 0 Å². The highest BCUT2D eigenvalue weighted by atomic mass is 19.1. The van der Waals surface area contributed by atoms with Gasteiger partial charge in [-0.25, -0.2) is 9.07 Å². The van der Waals surface area contributed by atoms with Crippen LogP contribution in [0, 0.1) is 5.82 Å². The molecule has 0 saturated heterocycles. The molecule has 1 heterocycles. The first-order valence-electron chi connectivity index (χ1n) is 12.4. The van der Waals surface area contributed by atoms with E-state index >= 15 is 0 Å². The van der Waals surface area contributed by atoms with Gasteiger partial charge in [0.15, 0.2) is 0 Å². The molecule has 3 aromatic carbocycles. The molecule has 0 aliphatic rings. The van der Waals surface area contributed by atoms with E-state index in [0.717, 1.165) is 16.9 Å². The normalized spacial score (nSPS) is 11.0. The lowest BCUT2D eigenvalue weighted by Crippen LogP contribution is -2.33. The summed E-state index contributed by atoms with van der Waals surface area (Å²) in [6, 6.07) is 22.6. The lowest BCUT2D eigenvalue weighted by molar-refractivity contribution is 0.0678. The highest BCUT2D eigenvalue weighted by Gasteiger charge is 2.27. The summed E-state index contributed by atoms with van der Waals surface area (Å²) in [4.78, 5) is 15.4. The van der Waals surface area contributed by atoms with Crippen molar-refractivity contribution in [2.75, 3.05) is 27.4 Å². The molecular weight excluding hydrogens is 485 g/mol. The molecule has 1 amide bonds. The Bertz CT molecular complexity index is 1370. The van der Waals surface area contributed by atoms with Crippen molar-refractivity contribution < 1.29 is 23.4 Å². The van der Waals surface area contributed by atoms with Crippen LogP contribution in [0.2, 0.25) is 0 Å². The summed E-state index contributed by atoms with van der Waals surface area (Å²) >= 11 is 0. The zero-order chi connectivity index (χ0) is 27.1. The minimum absolute atomic E-state index is 0.0287. The van der Waals surface area contributed by atoms with Gasteiger partial charge in [-0.15, -0.1) is 0 Å². The van der Waals surface area contributed by atoms with E-state index in [0.29, 0.717) is 36.1 Å². The van der Waals surface area contributed by atoms with Crippen molar-refractivity contribution in [2.45, 2.75) is 26.3 Å². The van der Waals surface area contributed by atoms with Crippen LogP contribution in [0.4, 0.5) is 4.39 Å². The zero-order valence-corrected chi connectivity index (χ0v) is 22.1. The maximum Gasteiger partial charge on any atom is 0.254 e. The summed E-state index contributed by atoms with van der Waals surface area (Å²) in [5.74, 6) is 0.791. The van der Waals surface area contributed by atoms with E-state index in [1.807, 2.05) is 44.2 Å². The summed E-state index contributed by atoms with van der Waals surface area (Å²) in [7, 11) is 3.16. The van der Waals surface area contributed by atoms with E-state index in [1.54, 1.807) is 60.2 Å². The zero-order valence-electron chi connectivity index (χ0n) is 22.1. The maximum absolute atomic E-state index is 14.1. The van der Waals surface area contributed by atoms with E-state index in [-0.39, 0.29) is 18.4 Å². The number of halogens is 1. The molecule has 38 heavy (non-hydrogen) atoms. The average Bonchev–Trinajstić information content (AvgIpc) is 3.29. The smallest absolute Gasteiger partial charge is 0.254 e. The molecule has 0 N–H and O–H groups in total. The minimum Gasteiger partial charge on any atom is -0.497 e. The predicted octanol–water partition coefficient (Wildman–Crippen LogP) is 6.22. The first kappa shape index (κ1) is 26.9. The minimum atomic E-state index is -0.408. The molecular formula is C30H32FN3O4. The molecule has 0 aliphatic carbocycles. The van der Waals surface area contributed by atoms with Crippen LogP contribution in [0.5, 0.6) is 17.4 Å². The molecule has 1 aromatic heterocycles. The van der Waals surface area contributed by atoms with E-state index in [2.05, 4.69) is 0 Å². The van der Waals surface area contributed by atoms with Crippen molar-refractivity contribution in [3.05, 3.63) is 102 Å². The van der Waals surface area contributed by atoms with Crippen LogP contribution in [-0.4, -0.2) is 48.0 Å². The van der Waals surface area contributed by atoms with E-state index in [1.165, 1.54) is 12.1 Å². The first-order chi connectivity index (χ1) is 18.4. The van der Waals surface area contributed by atoms with Crippen molar-refractivity contribution in [1.29, 1.82) is 0 Å². The van der Waals surface area contributed by atoms with Crippen LogP contribution in [0.1, 0.15) is 41.4 Å². The molecule has 0 atom stereocenters. The Kier molecular flexibility index (Phi) is 8.76. The Morgan fingerprint density at radius 2 is 1.71 bits per heavy atom. The molecule has 0 aliphatic heterocycles. The van der Waals surface area contributed by atoms with Crippen LogP contribution in [0.15, 0.2) is 78.9 Å². The molecule has 0 spiro atoms. The quantitative estimate of drug-likeness (QED) is 0.236. The molecule has 198 valence electrons. The number of para-hydroxylation sites is 1. The Morgan fingerprint density at radius 1 is 0.974 bits per heavy atom. The molecule has 7 nitrogen and oxygen atoms in total. The van der Waals surface area contributed by atoms with Crippen LogP contribution in [0.3, 0.4) is 0 Å². The lowest BCUT2D eigenvalue weighted by atomic mass is 10.0. The molecule has 0 saturated carbocycles. The summed E-state index contributed by atoms with van der Waals surface area (Å²) in [6.07, 6.45) is 0. The number of carbonyl (C=O) groups excluding carboxylic acids is 1. The number of hydrogen-bond acceptors (Lipinski definition) is 5. The molecule has 0 fully saturated rings. The fourth-order valence-electron chi connectivity index (χ4n) is 4.14. The van der Waals surface area contributed by atoms with Gasteiger partial charge in [-0.2, -0.15) is 5.10 Å². The number of amides is 1. The van der Waals surface area contributed by atoms with Crippen LogP contribution >= 0.6 is 0 Å². The Labute approximate surface area is 222 Å². The molecule has 0 radical (unpaired) electrons. The second kappa shape index (κ2) is 12.4. The van der Waals surface area contributed by atoms with Gasteiger partial charge in [-0.1, -0.05) is 44.2 Å². The molecule has 0 bridgehead atoms. The number of carbonyl (C=O) groups is 1. The van der Waals surface area contributed by atoms with Crippen molar-refractivity contribution in [1.82, 2.24) is 14.7 Å². The summed E-state index contributed by atoms with van der Waals surface area (Å²) in [6.45, 7) is 4.98.